The molecule has 1 spiro atoms. The van der Waals surface area contributed by atoms with Crippen molar-refractivity contribution in [2.75, 3.05) is 89.2 Å². The zero-order valence-electron chi connectivity index (χ0n) is 65.2. The fourth-order valence-corrected chi connectivity index (χ4v) is 18.1. The number of nitrogens with one attached hydrogen (secondary N) is 3. The van der Waals surface area contributed by atoms with Gasteiger partial charge in [-0.05, 0) is 145 Å². The van der Waals surface area contributed by atoms with Crippen molar-refractivity contribution in [3.63, 3.8) is 0 Å². The maximum absolute atomic E-state index is 15.7. The summed E-state index contributed by atoms with van der Waals surface area (Å²) in [6, 6.07) is -10.8. The van der Waals surface area contributed by atoms with E-state index in [1.165, 1.54) is 80.9 Å². The van der Waals surface area contributed by atoms with E-state index >= 15 is 28.8 Å². The van der Waals surface area contributed by atoms with E-state index in [0.717, 1.165) is 19.6 Å². The van der Waals surface area contributed by atoms with Gasteiger partial charge in [0.05, 0.1) is 37.5 Å². The van der Waals surface area contributed by atoms with Crippen molar-refractivity contribution in [3.05, 3.63) is 0 Å². The first-order valence-corrected chi connectivity index (χ1v) is 39.2. The minimum Gasteiger partial charge on any atom is -0.377 e. The van der Waals surface area contributed by atoms with Crippen molar-refractivity contribution < 1.29 is 88.6 Å². The average Bonchev–Trinajstić information content (AvgIpc) is 1.71. The quantitative estimate of drug-likeness (QED) is 0.135. The largest absolute Gasteiger partial charge is 0.393 e. The van der Waals surface area contributed by atoms with E-state index in [1.54, 1.807) is 27.7 Å². The zero-order chi connectivity index (χ0) is 79.6. The molecular weight excluding hydrogens is 1430 g/mol. The summed E-state index contributed by atoms with van der Waals surface area (Å²) < 4.78 is 91.0. The molecule has 3 aliphatic heterocycles. The Morgan fingerprint density at radius 1 is 0.617 bits per heavy atom. The second-order valence-electron chi connectivity index (χ2n) is 32.3. The molecule has 2 bridgehead atoms. The summed E-state index contributed by atoms with van der Waals surface area (Å²) in [5.74, 6) is -14.7. The van der Waals surface area contributed by atoms with Crippen LogP contribution in [-0.2, 0) is 62.3 Å². The highest BCUT2D eigenvalue weighted by atomic mass is 35.5. The van der Waals surface area contributed by atoms with Gasteiger partial charge < -0.3 is 64.8 Å². The van der Waals surface area contributed by atoms with Gasteiger partial charge in [0.25, 0.3) is 0 Å². The number of hydrogen-bond donors (Lipinski definition) is 3. The van der Waals surface area contributed by atoms with Crippen LogP contribution in [0.3, 0.4) is 0 Å². The van der Waals surface area contributed by atoms with E-state index in [2.05, 4.69) is 16.0 Å². The van der Waals surface area contributed by atoms with Crippen LogP contribution in [0.4, 0.5) is 26.3 Å². The lowest BCUT2D eigenvalue weighted by Crippen LogP contribution is -2.65. The van der Waals surface area contributed by atoms with E-state index in [0.29, 0.717) is 44.9 Å². The summed E-state index contributed by atoms with van der Waals surface area (Å²) in [5.41, 5.74) is -1.65. The molecule has 3 unspecified atom stereocenters. The number of likely N-dealkylation sites (N-methyl/N-ethyl adjacent to an activating group) is 7. The molecule has 3 N–H and O–H groups in total. The van der Waals surface area contributed by atoms with Crippen LogP contribution in [-0.4, -0.2) is 282 Å². The van der Waals surface area contributed by atoms with Gasteiger partial charge in [0.1, 0.15) is 53.9 Å². The van der Waals surface area contributed by atoms with E-state index in [1.807, 2.05) is 13.8 Å². The number of alkyl halides is 7. The van der Waals surface area contributed by atoms with Crippen molar-refractivity contribution in [3.8, 4) is 0 Å². The van der Waals surface area contributed by atoms with Crippen LogP contribution in [0.2, 0.25) is 0 Å². The highest BCUT2D eigenvalue weighted by Crippen LogP contribution is 2.45. The molecule has 3 heterocycles. The number of ether oxygens (including phenoxy) is 1. The Morgan fingerprint density at radius 3 is 1.80 bits per heavy atom. The molecular formula is C75H119ClF6N12O13. The molecule has 0 aromatic rings. The molecule has 15 atom stereocenters. The van der Waals surface area contributed by atoms with Gasteiger partial charge in [0.15, 0.2) is 0 Å². The normalized spacial score (nSPS) is 32.7. The molecule has 0 aromatic carbocycles. The lowest BCUT2D eigenvalue weighted by Gasteiger charge is -2.42. The van der Waals surface area contributed by atoms with Gasteiger partial charge in [0.2, 0.25) is 70.9 Å². The number of hydrogen-bond acceptors (Lipinski definition) is 13. The number of carbonyl (C=O) groups excluding carboxylic acids is 12. The molecule has 7 fully saturated rings. The third kappa shape index (κ3) is 21.1. The highest BCUT2D eigenvalue weighted by Gasteiger charge is 2.54. The fraction of sp³-hybridized carbons (Fsp3) is 0.840. The Balaban J connectivity index is 1.33. The summed E-state index contributed by atoms with van der Waals surface area (Å²) >= 11 is 6.44. The van der Waals surface area contributed by atoms with E-state index in [9.17, 15) is 55.1 Å². The third-order valence-corrected chi connectivity index (χ3v) is 25.3. The Labute approximate surface area is 632 Å². The highest BCUT2D eigenvalue weighted by molar-refractivity contribution is 6.21. The second kappa shape index (κ2) is 37.5. The summed E-state index contributed by atoms with van der Waals surface area (Å²) in [7, 11) is 11.1. The number of carbonyl (C=O) groups is 12. The van der Waals surface area contributed by atoms with Crippen molar-refractivity contribution >= 4 is 82.5 Å². The number of nitrogens with zero attached hydrogens (tertiary/aromatic N) is 9. The van der Waals surface area contributed by atoms with Crippen LogP contribution in [0.1, 0.15) is 189 Å². The molecule has 3 saturated heterocycles. The van der Waals surface area contributed by atoms with Gasteiger partial charge in [-0.15, -0.1) is 11.6 Å². The first kappa shape index (κ1) is 87.7. The van der Waals surface area contributed by atoms with Crippen LogP contribution in [0.15, 0.2) is 0 Å². The number of amides is 12. The van der Waals surface area contributed by atoms with Crippen LogP contribution >= 0.6 is 11.6 Å². The maximum Gasteiger partial charge on any atom is 0.393 e. The van der Waals surface area contributed by atoms with Crippen LogP contribution < -0.4 is 16.0 Å². The molecule has 4 aliphatic carbocycles. The van der Waals surface area contributed by atoms with E-state index in [4.69, 9.17) is 16.3 Å². The summed E-state index contributed by atoms with van der Waals surface area (Å²) in [6.07, 6.45) is -7.45. The van der Waals surface area contributed by atoms with Crippen molar-refractivity contribution in [2.24, 2.45) is 47.3 Å². The summed E-state index contributed by atoms with van der Waals surface area (Å²) in [5, 5.41) is 7.38. The van der Waals surface area contributed by atoms with Gasteiger partial charge >= 0.3 is 12.4 Å². The number of halogens is 7. The van der Waals surface area contributed by atoms with E-state index in [-0.39, 0.29) is 128 Å². The molecule has 107 heavy (non-hydrogen) atoms. The Morgan fingerprint density at radius 2 is 1.23 bits per heavy atom. The molecule has 0 aromatic heterocycles. The van der Waals surface area contributed by atoms with Gasteiger partial charge in [-0.3, -0.25) is 57.5 Å². The van der Waals surface area contributed by atoms with Crippen molar-refractivity contribution in [1.82, 2.24) is 60.0 Å². The van der Waals surface area contributed by atoms with Gasteiger partial charge in [-0.1, -0.05) is 66.7 Å². The first-order chi connectivity index (χ1) is 50.1. The summed E-state index contributed by atoms with van der Waals surface area (Å²) in [6.45, 7) is 9.12. The van der Waals surface area contributed by atoms with E-state index < -0.39 is 204 Å². The fourth-order valence-electron chi connectivity index (χ4n) is 17.6. The number of fused-ring (bicyclic) bond motifs is 3. The van der Waals surface area contributed by atoms with Crippen LogP contribution in [0, 0.1) is 47.3 Å². The van der Waals surface area contributed by atoms with Crippen molar-refractivity contribution in [2.45, 2.75) is 267 Å². The predicted molar refractivity (Wildman–Crippen MR) is 386 cm³/mol. The minimum absolute atomic E-state index is 0.0177. The van der Waals surface area contributed by atoms with Crippen LogP contribution in [0.25, 0.3) is 0 Å². The van der Waals surface area contributed by atoms with Gasteiger partial charge in [-0.25, -0.2) is 0 Å². The molecule has 7 aliphatic rings. The Bertz CT molecular complexity index is 3170. The predicted octanol–water partition coefficient (Wildman–Crippen LogP) is 6.75. The lowest BCUT2D eigenvalue weighted by atomic mass is 9.78. The maximum atomic E-state index is 15.7. The van der Waals surface area contributed by atoms with Crippen LogP contribution in [0.5, 0.6) is 0 Å². The zero-order valence-corrected chi connectivity index (χ0v) is 65.9. The monoisotopic (exact) mass is 1540 g/mol. The third-order valence-electron chi connectivity index (χ3n) is 24.9. The minimum atomic E-state index is -4.57. The molecule has 25 nitrogen and oxygen atoms in total. The molecule has 12 amide bonds. The van der Waals surface area contributed by atoms with Gasteiger partial charge in [0, 0.05) is 87.9 Å². The standard InChI is InChI=1S/C75H119ClF6N12O13/c1-15-43(4)62-70(104)88(10)42-61(97)90(12)56-34-44(5)45(6)39-93(69(56)103)58(36-47-24-28-49(29-25-47)74(77,78)79)68(102)87(9)41-59(95)83-53(31-27-46-26-30-51(52(76)35-46)75(80,81)82)66(100)94-40-50(107-17-3)37-55(94)65(99)85-73(32-20-21-33-73)72(106)92(14)63(48-22-18-19-23-48)71(105)91(13)57(67(101)86(7)8)38-60(96)89(11)54(16-2)64(98)84-62/h43-58,62-63H,15-42H2,1-14H3,(H,83,95)(H,84,98)(H,85,99)/t43-,44+,45-,46?,47?,49?,50+,51?,52?,53-,54-,55-,56-,57-,58-,62-,63-/m0/s1. The number of rotatable bonds is 12. The Kier molecular flexibility index (Phi) is 30.7. The van der Waals surface area contributed by atoms with Gasteiger partial charge in [-0.2, -0.15) is 26.3 Å². The lowest BCUT2D eigenvalue weighted by molar-refractivity contribution is -0.184. The van der Waals surface area contributed by atoms with Crippen molar-refractivity contribution in [1.29, 1.82) is 0 Å². The molecule has 4 saturated carbocycles. The average molecular weight is 1550 g/mol. The second-order valence-corrected chi connectivity index (χ2v) is 32.9. The molecule has 0 radical (unpaired) electrons. The molecule has 7 rings (SSSR count). The summed E-state index contributed by atoms with van der Waals surface area (Å²) in [4.78, 5) is 192. The SMILES string of the molecule is CCO[C@@H]1C[C@H]2C(=O)NC3(CCCC3)C(=O)N(C)[C@@H](C3CCCC3)C(=O)N(C)[C@H](C(=O)N(C)C)CC(=O)N(C)[C@@H](CC)C(=O)N[C@@H]([C@@H](C)CC)C(=O)N(C)CC(=O)N(C)[C@H]3C[C@@H](C)[C@@H](C)CN(C3=O)[C@@H](CC3CCC(C(F)(F)F)CC3)C(=O)N(C)CC(=O)N[C@@H](CCC3CCC(C(F)(F)F)C(Cl)C3)C(=O)N2C1. The first-order valence-electron chi connectivity index (χ1n) is 38.8. The molecule has 606 valence electrons. The Hall–Kier alpha value is -6.53. The smallest absolute Gasteiger partial charge is 0.377 e. The topological polar surface area (TPSA) is 279 Å². The molecule has 32 heteroatoms.